The summed E-state index contributed by atoms with van der Waals surface area (Å²) in [5, 5.41) is 6.02. The number of amides is 3. The minimum Gasteiger partial charge on any atom is -0.490 e. The molecule has 3 amide bonds. The molecule has 29 heavy (non-hydrogen) atoms. The number of hydrogen-bond acceptors (Lipinski definition) is 6. The van der Waals surface area contributed by atoms with Crippen molar-refractivity contribution >= 4 is 29.6 Å². The summed E-state index contributed by atoms with van der Waals surface area (Å²) >= 11 is 0. The predicted octanol–water partition coefficient (Wildman–Crippen LogP) is 1.18. The molecule has 0 aliphatic carbocycles. The lowest BCUT2D eigenvalue weighted by Gasteiger charge is -2.11. The fourth-order valence-corrected chi connectivity index (χ4v) is 2.08. The topological polar surface area (TPSA) is 132 Å². The highest BCUT2D eigenvalue weighted by Crippen LogP contribution is 2.28. The highest BCUT2D eigenvalue weighted by atomic mass is 19.1. The van der Waals surface area contributed by atoms with Crippen molar-refractivity contribution in [3.8, 4) is 11.5 Å². The van der Waals surface area contributed by atoms with Gasteiger partial charge in [0.25, 0.3) is 5.91 Å². The lowest BCUT2D eigenvalue weighted by Crippen LogP contribution is -2.32. The number of nitrogens with zero attached hydrogens (tertiary/aromatic N) is 1. The van der Waals surface area contributed by atoms with Gasteiger partial charge in [-0.2, -0.15) is 5.10 Å². The van der Waals surface area contributed by atoms with Crippen molar-refractivity contribution in [3.63, 3.8) is 0 Å². The van der Waals surface area contributed by atoms with E-state index in [0.717, 1.165) is 12.1 Å². The molecule has 2 aromatic carbocycles. The van der Waals surface area contributed by atoms with Crippen molar-refractivity contribution < 1.29 is 28.2 Å². The molecule has 0 aromatic heterocycles. The molecule has 4 N–H and O–H groups in total. The summed E-state index contributed by atoms with van der Waals surface area (Å²) in [6.45, 7) is 1.83. The number of rotatable bonds is 8. The zero-order valence-electron chi connectivity index (χ0n) is 15.5. The SMILES string of the molecule is CCOc1cc(C=NNC(=O)C(=O)Nc2ccc(F)cc2)ccc1OCC(N)=O. The van der Waals surface area contributed by atoms with Crippen LogP contribution in [0.2, 0.25) is 0 Å². The first-order chi connectivity index (χ1) is 13.9. The molecule has 0 fully saturated rings. The Hall–Kier alpha value is -3.95. The number of primary amides is 1. The third kappa shape index (κ3) is 6.94. The van der Waals surface area contributed by atoms with Crippen LogP contribution in [0.4, 0.5) is 10.1 Å². The summed E-state index contributed by atoms with van der Waals surface area (Å²) in [5.74, 6) is -2.37. The number of carbonyl (C=O) groups is 3. The molecule has 0 heterocycles. The molecule has 0 spiro atoms. The van der Waals surface area contributed by atoms with Gasteiger partial charge in [0.05, 0.1) is 12.8 Å². The van der Waals surface area contributed by atoms with E-state index < -0.39 is 23.5 Å². The zero-order chi connectivity index (χ0) is 21.2. The number of hydrazone groups is 1. The van der Waals surface area contributed by atoms with Gasteiger partial charge < -0.3 is 20.5 Å². The number of ether oxygens (including phenoxy) is 2. The zero-order valence-corrected chi connectivity index (χ0v) is 15.5. The molecule has 9 nitrogen and oxygen atoms in total. The van der Waals surface area contributed by atoms with Gasteiger partial charge in [-0.25, -0.2) is 9.82 Å². The Balaban J connectivity index is 1.96. The summed E-state index contributed by atoms with van der Waals surface area (Å²) in [7, 11) is 0. The van der Waals surface area contributed by atoms with Crippen molar-refractivity contribution in [2.24, 2.45) is 10.8 Å². The van der Waals surface area contributed by atoms with Crippen LogP contribution in [0.1, 0.15) is 12.5 Å². The first kappa shape index (κ1) is 21.4. The summed E-state index contributed by atoms with van der Waals surface area (Å²) in [6, 6.07) is 9.68. The maximum Gasteiger partial charge on any atom is 0.329 e. The average molecular weight is 402 g/mol. The lowest BCUT2D eigenvalue weighted by atomic mass is 10.2. The second-order valence-corrected chi connectivity index (χ2v) is 5.55. The Morgan fingerprint density at radius 1 is 1.07 bits per heavy atom. The summed E-state index contributed by atoms with van der Waals surface area (Å²) < 4.78 is 23.5. The van der Waals surface area contributed by atoms with Gasteiger partial charge in [-0.1, -0.05) is 0 Å². The van der Waals surface area contributed by atoms with Crippen LogP contribution < -0.4 is 25.9 Å². The predicted molar refractivity (Wildman–Crippen MR) is 103 cm³/mol. The summed E-state index contributed by atoms with van der Waals surface area (Å²) in [4.78, 5) is 34.4. The van der Waals surface area contributed by atoms with Gasteiger partial charge in [0, 0.05) is 5.69 Å². The first-order valence-corrected chi connectivity index (χ1v) is 8.47. The van der Waals surface area contributed by atoms with Crippen LogP contribution in [0.5, 0.6) is 11.5 Å². The average Bonchev–Trinajstić information content (AvgIpc) is 2.69. The molecule has 2 rings (SSSR count). The van der Waals surface area contributed by atoms with Crippen molar-refractivity contribution in [3.05, 3.63) is 53.8 Å². The van der Waals surface area contributed by atoms with Crippen LogP contribution in [0, 0.1) is 5.82 Å². The van der Waals surface area contributed by atoms with Crippen LogP contribution in [-0.4, -0.2) is 37.1 Å². The van der Waals surface area contributed by atoms with E-state index in [1.54, 1.807) is 25.1 Å². The van der Waals surface area contributed by atoms with E-state index in [-0.39, 0.29) is 12.3 Å². The number of benzene rings is 2. The molecule has 0 aliphatic heterocycles. The highest BCUT2D eigenvalue weighted by Gasteiger charge is 2.13. The minimum absolute atomic E-state index is 0.267. The number of nitrogens with one attached hydrogen (secondary N) is 2. The number of hydrogen-bond donors (Lipinski definition) is 3. The largest absolute Gasteiger partial charge is 0.490 e. The Morgan fingerprint density at radius 3 is 2.45 bits per heavy atom. The Labute approximate surface area is 165 Å². The molecule has 0 aliphatic rings. The van der Waals surface area contributed by atoms with Gasteiger partial charge in [0.15, 0.2) is 18.1 Å². The third-order valence-electron chi connectivity index (χ3n) is 3.33. The van der Waals surface area contributed by atoms with E-state index in [0.29, 0.717) is 23.7 Å². The standard InChI is InChI=1S/C19H19FN4O5/c1-2-28-16-9-12(3-8-15(16)29-11-17(21)25)10-22-24-19(27)18(26)23-14-6-4-13(20)5-7-14/h3-10H,2,11H2,1H3,(H2,21,25)(H,23,26)(H,24,27). The summed E-state index contributed by atoms with van der Waals surface area (Å²) in [6.07, 6.45) is 1.30. The van der Waals surface area contributed by atoms with Crippen LogP contribution in [0.15, 0.2) is 47.6 Å². The number of anilines is 1. The van der Waals surface area contributed by atoms with Crippen molar-refractivity contribution in [1.82, 2.24) is 5.43 Å². The number of halogens is 1. The van der Waals surface area contributed by atoms with Crippen molar-refractivity contribution in [2.45, 2.75) is 6.92 Å². The van der Waals surface area contributed by atoms with E-state index in [1.807, 2.05) is 0 Å². The maximum atomic E-state index is 12.8. The van der Waals surface area contributed by atoms with Gasteiger partial charge in [-0.3, -0.25) is 14.4 Å². The van der Waals surface area contributed by atoms with E-state index in [1.165, 1.54) is 18.3 Å². The maximum absolute atomic E-state index is 12.8. The van der Waals surface area contributed by atoms with Crippen molar-refractivity contribution in [1.29, 1.82) is 0 Å². The second kappa shape index (κ2) is 10.4. The molecule has 0 unspecified atom stereocenters. The Morgan fingerprint density at radius 2 is 1.79 bits per heavy atom. The van der Waals surface area contributed by atoms with Gasteiger partial charge >= 0.3 is 11.8 Å². The molecule has 0 saturated heterocycles. The molecule has 0 radical (unpaired) electrons. The Bertz CT molecular complexity index is 915. The molecule has 0 atom stereocenters. The third-order valence-corrected chi connectivity index (χ3v) is 3.33. The van der Waals surface area contributed by atoms with Crippen LogP contribution in [0.25, 0.3) is 0 Å². The quantitative estimate of drug-likeness (QED) is 0.346. The van der Waals surface area contributed by atoms with Crippen LogP contribution in [-0.2, 0) is 14.4 Å². The smallest absolute Gasteiger partial charge is 0.329 e. The molecule has 10 heteroatoms. The molecule has 0 saturated carbocycles. The fraction of sp³-hybridized carbons (Fsp3) is 0.158. The van der Waals surface area contributed by atoms with E-state index in [2.05, 4.69) is 15.8 Å². The number of carbonyl (C=O) groups excluding carboxylic acids is 3. The first-order valence-electron chi connectivity index (χ1n) is 8.47. The van der Waals surface area contributed by atoms with Gasteiger partial charge in [-0.15, -0.1) is 0 Å². The van der Waals surface area contributed by atoms with Gasteiger partial charge in [0.1, 0.15) is 5.82 Å². The minimum atomic E-state index is -1.00. The summed E-state index contributed by atoms with van der Waals surface area (Å²) in [5.41, 5.74) is 7.94. The normalized spacial score (nSPS) is 10.4. The molecular weight excluding hydrogens is 383 g/mol. The van der Waals surface area contributed by atoms with Crippen LogP contribution >= 0.6 is 0 Å². The fourth-order valence-electron chi connectivity index (χ4n) is 2.08. The van der Waals surface area contributed by atoms with E-state index in [9.17, 15) is 18.8 Å². The molecule has 2 aromatic rings. The molecule has 0 bridgehead atoms. The number of nitrogens with two attached hydrogens (primary N) is 1. The second-order valence-electron chi connectivity index (χ2n) is 5.55. The Kier molecular flexibility index (Phi) is 7.66. The van der Waals surface area contributed by atoms with Crippen LogP contribution in [0.3, 0.4) is 0 Å². The van der Waals surface area contributed by atoms with Gasteiger partial charge in [-0.05, 0) is 55.0 Å². The molecule has 152 valence electrons. The molecular formula is C19H19FN4O5. The highest BCUT2D eigenvalue weighted by molar-refractivity contribution is 6.39. The van der Waals surface area contributed by atoms with Gasteiger partial charge in [0.2, 0.25) is 0 Å². The van der Waals surface area contributed by atoms with Crippen molar-refractivity contribution in [2.75, 3.05) is 18.5 Å². The monoisotopic (exact) mass is 402 g/mol. The van der Waals surface area contributed by atoms with E-state index >= 15 is 0 Å². The van der Waals surface area contributed by atoms with E-state index in [4.69, 9.17) is 15.2 Å². The lowest BCUT2D eigenvalue weighted by molar-refractivity contribution is -0.136.